The number of rotatable bonds is 16. The summed E-state index contributed by atoms with van der Waals surface area (Å²) in [7, 11) is 0. The van der Waals surface area contributed by atoms with Crippen molar-refractivity contribution < 1.29 is 83.5 Å². The van der Waals surface area contributed by atoms with E-state index in [9.17, 15) is 9.59 Å². The lowest BCUT2D eigenvalue weighted by Crippen LogP contribution is -2.53. The highest BCUT2D eigenvalue weighted by atomic mass is 19.4. The second-order valence-electron chi connectivity index (χ2n) is 26.4. The number of nitrogens with zero attached hydrogens (tertiary/aromatic N) is 2. The van der Waals surface area contributed by atoms with Crippen molar-refractivity contribution in [3.05, 3.63) is 164 Å². The van der Waals surface area contributed by atoms with E-state index in [0.29, 0.717) is 61.2 Å². The zero-order valence-electron chi connectivity index (χ0n) is 54.1. The SMILES string of the molecule is Cc1cc(C)cc(Oc2cc3c4c(cc(Oc5cc(C)cc(C)c5)c5c6c(Oc7cc(C)cc(C)c7)cc7c8c(cc(Oc9cc(C)cc(C)c9)c(c2c45)c86)C(=O)N(C(CC(F)(F)F)C(=O)OC2CCCCC2)C7=O)C(=O)N(C(CC(F)(F)F)C(=O)OC2CCCCC2)C3=O)c1. The van der Waals surface area contributed by atoms with Crippen molar-refractivity contribution in [1.82, 2.24) is 9.80 Å². The fourth-order valence-electron chi connectivity index (χ4n) is 14.8. The number of fused-ring (bicyclic) bond motifs is 2. The predicted octanol–water partition coefficient (Wildman–Crippen LogP) is 19.0. The Labute approximate surface area is 548 Å². The molecule has 0 spiro atoms. The van der Waals surface area contributed by atoms with Crippen LogP contribution in [-0.4, -0.2) is 82.0 Å². The van der Waals surface area contributed by atoms with Crippen LogP contribution < -0.4 is 18.9 Å². The number of alkyl halides is 6. The van der Waals surface area contributed by atoms with Crippen LogP contribution in [0.4, 0.5) is 26.3 Å². The van der Waals surface area contributed by atoms with Gasteiger partial charge in [0.05, 0.1) is 35.1 Å². The van der Waals surface area contributed by atoms with Crippen molar-refractivity contribution >= 4 is 78.7 Å². The molecular formula is C76H68F6N2O12. The molecule has 20 heteroatoms. The Hall–Kier alpha value is -9.72. The lowest BCUT2D eigenvalue weighted by atomic mass is 9.80. The number of amides is 4. The van der Waals surface area contributed by atoms with Crippen LogP contribution in [0.1, 0.15) is 163 Å². The molecule has 2 aliphatic carbocycles. The van der Waals surface area contributed by atoms with Gasteiger partial charge < -0.3 is 28.4 Å². The standard InChI is InChI=1S/C76H68F6N2O12/c1-37-19-38(2)24-47(23-37)91-57-31-51-61-52(70(86)83(69(51)85)55(35-75(77,78)79)73(89)95-45-15-11-9-12-16-45)33-59(93-49-27-41(5)21-42(6)28-49)65-66-60(94-50-29-43(7)22-44(8)30-50)34-54-62-53(32-58(64(68(62)66)63(57)67(61)65)92-48-25-39(3)20-40(4)26-48)71(87)84(72(54)88)56(36-76(80,81)82)74(90)96-46-17-13-10-14-18-46/h19-34,45-46,55-56H,9-18,35-36H2,1-8H3. The van der Waals surface area contributed by atoms with E-state index in [4.69, 9.17) is 28.4 Å². The quantitative estimate of drug-likeness (QED) is 0.0296. The molecule has 4 amide bonds. The molecule has 0 bridgehead atoms. The average Bonchev–Trinajstić information content (AvgIpc) is 0.672. The number of imide groups is 2. The van der Waals surface area contributed by atoms with E-state index < -0.39 is 85.1 Å². The fraction of sp³-hybridized carbons (Fsp3) is 0.342. The summed E-state index contributed by atoms with van der Waals surface area (Å²) in [4.78, 5) is 93.5. The molecule has 2 fully saturated rings. The number of hydrogen-bond acceptors (Lipinski definition) is 12. The van der Waals surface area contributed by atoms with Crippen molar-refractivity contribution in [2.45, 2.75) is 169 Å². The molecule has 14 nitrogen and oxygen atoms in total. The maximum atomic E-state index is 16.0. The Morgan fingerprint density at radius 2 is 0.583 bits per heavy atom. The summed E-state index contributed by atoms with van der Waals surface area (Å²) in [6.07, 6.45) is -10.2. The Bertz CT molecular complexity index is 4140. The van der Waals surface area contributed by atoms with Gasteiger partial charge in [0.2, 0.25) is 0 Å². The maximum absolute atomic E-state index is 16.0. The second-order valence-corrected chi connectivity index (χ2v) is 26.4. The van der Waals surface area contributed by atoms with Crippen LogP contribution in [0.3, 0.4) is 0 Å². The number of carbonyl (C=O) groups is 6. The van der Waals surface area contributed by atoms with E-state index in [0.717, 1.165) is 57.3 Å². The maximum Gasteiger partial charge on any atom is 0.391 e. The number of carbonyl (C=O) groups excluding carboxylic acids is 6. The largest absolute Gasteiger partial charge is 0.461 e. The zero-order valence-corrected chi connectivity index (χ0v) is 54.1. The molecule has 2 aliphatic heterocycles. The number of ether oxygens (including phenoxy) is 6. The fourth-order valence-corrected chi connectivity index (χ4v) is 14.8. The van der Waals surface area contributed by atoms with Gasteiger partial charge in [-0.3, -0.25) is 29.0 Å². The molecule has 9 aromatic rings. The van der Waals surface area contributed by atoms with E-state index in [1.165, 1.54) is 24.3 Å². The summed E-state index contributed by atoms with van der Waals surface area (Å²) >= 11 is 0. The van der Waals surface area contributed by atoms with Gasteiger partial charge >= 0.3 is 24.3 Å². The van der Waals surface area contributed by atoms with Crippen molar-refractivity contribution in [1.29, 1.82) is 0 Å². The van der Waals surface area contributed by atoms with Gasteiger partial charge in [-0.05, 0) is 224 Å². The van der Waals surface area contributed by atoms with Crippen LogP contribution in [-0.2, 0) is 19.1 Å². The summed E-state index contributed by atoms with van der Waals surface area (Å²) in [5.74, 6) is -8.17. The van der Waals surface area contributed by atoms with E-state index in [-0.39, 0.29) is 111 Å². The minimum atomic E-state index is -5.13. The minimum Gasteiger partial charge on any atom is -0.461 e. The van der Waals surface area contributed by atoms with Gasteiger partial charge in [-0.2, -0.15) is 26.3 Å². The molecule has 96 heavy (non-hydrogen) atoms. The van der Waals surface area contributed by atoms with Crippen LogP contribution in [0.2, 0.25) is 0 Å². The Balaban J connectivity index is 1.21. The van der Waals surface area contributed by atoms with Crippen molar-refractivity contribution in [2.24, 2.45) is 0 Å². The first-order valence-corrected chi connectivity index (χ1v) is 32.3. The van der Waals surface area contributed by atoms with Crippen molar-refractivity contribution in [3.63, 3.8) is 0 Å². The zero-order chi connectivity index (χ0) is 68.1. The molecule has 9 aromatic carbocycles. The van der Waals surface area contributed by atoms with Gasteiger partial charge in [-0.15, -0.1) is 0 Å². The number of halogens is 6. The summed E-state index contributed by atoms with van der Waals surface area (Å²) in [6, 6.07) is 21.0. The van der Waals surface area contributed by atoms with Gasteiger partial charge in [0.1, 0.15) is 70.3 Å². The highest BCUT2D eigenvalue weighted by Crippen LogP contribution is 2.59. The third-order valence-corrected chi connectivity index (χ3v) is 18.3. The number of benzene rings is 9. The highest BCUT2D eigenvalue weighted by molar-refractivity contribution is 6.45. The van der Waals surface area contributed by atoms with Crippen LogP contribution in [0.5, 0.6) is 46.0 Å². The molecule has 496 valence electrons. The van der Waals surface area contributed by atoms with Gasteiger partial charge in [0.25, 0.3) is 23.6 Å². The van der Waals surface area contributed by atoms with Crippen LogP contribution in [0.25, 0.3) is 43.1 Å². The molecule has 2 unspecified atom stereocenters. The molecule has 0 aromatic heterocycles. The summed E-state index contributed by atoms with van der Waals surface area (Å²) in [6.45, 7) is 14.5. The monoisotopic (exact) mass is 1310 g/mol. The third-order valence-electron chi connectivity index (χ3n) is 18.3. The summed E-state index contributed by atoms with van der Waals surface area (Å²) < 4.78 is 131. The smallest absolute Gasteiger partial charge is 0.391 e. The molecule has 2 atom stereocenters. The Kier molecular flexibility index (Phi) is 16.8. The molecule has 0 N–H and O–H groups in total. The molecule has 13 rings (SSSR count). The van der Waals surface area contributed by atoms with E-state index in [2.05, 4.69) is 0 Å². The average molecular weight is 1320 g/mol. The first kappa shape index (κ1) is 65.0. The van der Waals surface area contributed by atoms with Crippen molar-refractivity contribution in [3.8, 4) is 46.0 Å². The van der Waals surface area contributed by atoms with Gasteiger partial charge in [0.15, 0.2) is 0 Å². The summed E-state index contributed by atoms with van der Waals surface area (Å²) in [5.41, 5.74) is 4.19. The topological polar surface area (TPSA) is 164 Å². The third kappa shape index (κ3) is 12.5. The van der Waals surface area contributed by atoms with Gasteiger partial charge in [0, 0.05) is 43.1 Å². The Morgan fingerprint density at radius 1 is 0.354 bits per heavy atom. The van der Waals surface area contributed by atoms with Crippen molar-refractivity contribution in [2.75, 3.05) is 0 Å². The van der Waals surface area contributed by atoms with Gasteiger partial charge in [-0.25, -0.2) is 9.59 Å². The van der Waals surface area contributed by atoms with E-state index >= 15 is 45.5 Å². The second kappa shape index (κ2) is 24.8. The van der Waals surface area contributed by atoms with Crippen LogP contribution in [0, 0.1) is 55.4 Å². The lowest BCUT2D eigenvalue weighted by molar-refractivity contribution is -0.171. The van der Waals surface area contributed by atoms with Crippen LogP contribution in [0.15, 0.2) is 97.1 Å². The molecular weight excluding hydrogens is 1250 g/mol. The first-order chi connectivity index (χ1) is 45.5. The molecule has 0 radical (unpaired) electrons. The summed E-state index contributed by atoms with van der Waals surface area (Å²) in [5, 5.41) is -0.197. The van der Waals surface area contributed by atoms with Gasteiger partial charge in [-0.1, -0.05) is 37.1 Å². The normalized spacial score (nSPS) is 16.3. The lowest BCUT2D eigenvalue weighted by Gasteiger charge is -2.36. The van der Waals surface area contributed by atoms with Crippen LogP contribution >= 0.6 is 0 Å². The highest BCUT2D eigenvalue weighted by Gasteiger charge is 2.51. The molecule has 4 aliphatic rings. The van der Waals surface area contributed by atoms with E-state index in [1.807, 2.05) is 79.7 Å². The minimum absolute atomic E-state index is 0.000799. The predicted molar refractivity (Wildman–Crippen MR) is 347 cm³/mol. The molecule has 2 heterocycles. The number of hydrogen-bond donors (Lipinski definition) is 0. The number of aryl methyl sites for hydroxylation is 8. The molecule has 2 saturated carbocycles. The van der Waals surface area contributed by atoms with E-state index in [1.54, 1.807) is 48.5 Å². The number of esters is 2. The molecule has 0 saturated heterocycles. The first-order valence-electron chi connectivity index (χ1n) is 32.3. The Morgan fingerprint density at radius 3 is 0.802 bits per heavy atom.